The second-order valence-corrected chi connectivity index (χ2v) is 3.86. The summed E-state index contributed by atoms with van der Waals surface area (Å²) >= 11 is 0. The molecule has 1 nitrogen and oxygen atoms in total. The van der Waals surface area contributed by atoms with Crippen LogP contribution in [0.5, 0.6) is 0 Å². The van der Waals surface area contributed by atoms with Gasteiger partial charge in [-0.05, 0) is 31.6 Å². The van der Waals surface area contributed by atoms with Crippen LogP contribution in [0, 0.1) is 0 Å². The van der Waals surface area contributed by atoms with Gasteiger partial charge in [-0.3, -0.25) is 0 Å². The molecule has 0 radical (unpaired) electrons. The number of fused-ring (bicyclic) bond motifs is 1. The van der Waals surface area contributed by atoms with Gasteiger partial charge in [-0.1, -0.05) is 24.3 Å². The number of hydrogen-bond donors (Lipinski definition) is 0. The van der Waals surface area contributed by atoms with Crippen LogP contribution in [0.15, 0.2) is 24.3 Å². The van der Waals surface area contributed by atoms with E-state index in [0.29, 0.717) is 0 Å². The van der Waals surface area contributed by atoms with Crippen molar-refractivity contribution in [2.45, 2.75) is 12.3 Å². The van der Waals surface area contributed by atoms with Gasteiger partial charge in [0.1, 0.15) is 0 Å². The lowest BCUT2D eigenvalue weighted by Crippen LogP contribution is -2.28. The molecule has 0 saturated carbocycles. The Morgan fingerprint density at radius 3 is 2.62 bits per heavy atom. The van der Waals surface area contributed by atoms with Gasteiger partial charge in [0, 0.05) is 12.5 Å². The summed E-state index contributed by atoms with van der Waals surface area (Å²) in [7, 11) is 4.28. The largest absolute Gasteiger partial charge is 0.309 e. The Balaban J connectivity index is 0.000000845. The first-order chi connectivity index (χ1) is 5.77. The summed E-state index contributed by atoms with van der Waals surface area (Å²) in [6.07, 6.45) is 1.27. The molecule has 1 aliphatic rings. The average molecular weight is 198 g/mol. The highest BCUT2D eigenvalue weighted by atomic mass is 35.5. The Morgan fingerprint density at radius 1 is 1.31 bits per heavy atom. The predicted octanol–water partition coefficient (Wildman–Crippen LogP) is 2.31. The summed E-state index contributed by atoms with van der Waals surface area (Å²) in [5.74, 6) is 0.788. The fourth-order valence-electron chi connectivity index (χ4n) is 1.97. The smallest absolute Gasteiger partial charge is 0.00475 e. The van der Waals surface area contributed by atoms with E-state index in [1.54, 1.807) is 11.1 Å². The molecule has 0 spiro atoms. The third kappa shape index (κ3) is 2.04. The Kier molecular flexibility index (Phi) is 3.34. The molecule has 1 unspecified atom stereocenters. The molecule has 0 fully saturated rings. The molecule has 1 atom stereocenters. The summed E-state index contributed by atoms with van der Waals surface area (Å²) < 4.78 is 0. The van der Waals surface area contributed by atoms with Crippen molar-refractivity contribution in [1.82, 2.24) is 4.90 Å². The van der Waals surface area contributed by atoms with E-state index in [1.165, 1.54) is 13.0 Å². The zero-order valence-electron chi connectivity index (χ0n) is 8.16. The number of rotatable bonds is 2. The third-order valence-electron chi connectivity index (χ3n) is 2.55. The summed E-state index contributed by atoms with van der Waals surface area (Å²) in [4.78, 5) is 2.26. The number of hydrogen-bond acceptors (Lipinski definition) is 1. The molecule has 2 rings (SSSR count). The van der Waals surface area contributed by atoms with Crippen LogP contribution in [0.25, 0.3) is 0 Å². The highest BCUT2D eigenvalue weighted by Gasteiger charge is 2.25. The van der Waals surface area contributed by atoms with Gasteiger partial charge in [0.15, 0.2) is 0 Å². The molecule has 0 heterocycles. The molecule has 0 aliphatic heterocycles. The molecule has 72 valence electrons. The van der Waals surface area contributed by atoms with Gasteiger partial charge in [0.2, 0.25) is 0 Å². The number of halogens is 1. The van der Waals surface area contributed by atoms with E-state index >= 15 is 0 Å². The van der Waals surface area contributed by atoms with Gasteiger partial charge in [-0.2, -0.15) is 0 Å². The minimum atomic E-state index is 0. The van der Waals surface area contributed by atoms with E-state index in [4.69, 9.17) is 0 Å². The van der Waals surface area contributed by atoms with Crippen LogP contribution in [0.3, 0.4) is 0 Å². The third-order valence-corrected chi connectivity index (χ3v) is 2.55. The molecule has 0 bridgehead atoms. The van der Waals surface area contributed by atoms with Crippen molar-refractivity contribution in [3.63, 3.8) is 0 Å². The fraction of sp³-hybridized carbons (Fsp3) is 0.455. The zero-order valence-corrected chi connectivity index (χ0v) is 8.97. The van der Waals surface area contributed by atoms with E-state index in [9.17, 15) is 0 Å². The van der Waals surface area contributed by atoms with Gasteiger partial charge < -0.3 is 4.90 Å². The van der Waals surface area contributed by atoms with Crippen molar-refractivity contribution in [2.75, 3.05) is 20.6 Å². The second-order valence-electron chi connectivity index (χ2n) is 3.86. The lowest BCUT2D eigenvalue weighted by molar-refractivity contribution is 0.356. The summed E-state index contributed by atoms with van der Waals surface area (Å²) in [5.41, 5.74) is 3.11. The summed E-state index contributed by atoms with van der Waals surface area (Å²) in [6, 6.07) is 8.76. The number of benzene rings is 1. The Bertz CT molecular complexity index is 283. The van der Waals surface area contributed by atoms with Crippen LogP contribution in [-0.2, 0) is 6.42 Å². The molecule has 0 aromatic heterocycles. The quantitative estimate of drug-likeness (QED) is 0.704. The van der Waals surface area contributed by atoms with E-state index in [0.717, 1.165) is 5.92 Å². The lowest BCUT2D eigenvalue weighted by atomic mass is 9.77. The van der Waals surface area contributed by atoms with Crippen LogP contribution in [0.2, 0.25) is 0 Å². The molecule has 0 N–H and O–H groups in total. The standard InChI is InChI=1S/C11H15N.ClH/c1-12(2)8-10-7-9-5-3-4-6-11(9)10;/h3-6,10H,7-8H2,1-2H3;1H. The SMILES string of the molecule is CN(C)CC1Cc2ccccc21.Cl. The highest BCUT2D eigenvalue weighted by molar-refractivity contribution is 5.85. The molecule has 1 aromatic carbocycles. The Labute approximate surface area is 86.2 Å². The van der Waals surface area contributed by atoms with Crippen LogP contribution < -0.4 is 0 Å². The van der Waals surface area contributed by atoms with E-state index in [2.05, 4.69) is 43.3 Å². The van der Waals surface area contributed by atoms with E-state index < -0.39 is 0 Å². The van der Waals surface area contributed by atoms with Gasteiger partial charge >= 0.3 is 0 Å². The van der Waals surface area contributed by atoms with Gasteiger partial charge in [0.25, 0.3) is 0 Å². The molecule has 13 heavy (non-hydrogen) atoms. The minimum absolute atomic E-state index is 0. The number of likely N-dealkylation sites (N-methyl/N-ethyl adjacent to an activating group) is 1. The first-order valence-corrected chi connectivity index (χ1v) is 4.50. The molecule has 0 amide bonds. The molecule has 1 aromatic rings. The van der Waals surface area contributed by atoms with Crippen molar-refractivity contribution in [3.8, 4) is 0 Å². The van der Waals surface area contributed by atoms with Crippen molar-refractivity contribution >= 4 is 12.4 Å². The second kappa shape index (κ2) is 4.12. The van der Waals surface area contributed by atoms with Gasteiger partial charge in [0.05, 0.1) is 0 Å². The molecule has 0 saturated heterocycles. The highest BCUT2D eigenvalue weighted by Crippen LogP contribution is 2.34. The van der Waals surface area contributed by atoms with Crippen molar-refractivity contribution in [2.24, 2.45) is 0 Å². The normalized spacial score (nSPS) is 18.8. The average Bonchev–Trinajstić information content (AvgIpc) is 2.00. The fourth-order valence-corrected chi connectivity index (χ4v) is 1.97. The Hall–Kier alpha value is -0.530. The Morgan fingerprint density at radius 2 is 2.00 bits per heavy atom. The lowest BCUT2D eigenvalue weighted by Gasteiger charge is -2.32. The number of nitrogens with zero attached hydrogens (tertiary/aromatic N) is 1. The van der Waals surface area contributed by atoms with Crippen molar-refractivity contribution in [3.05, 3.63) is 35.4 Å². The van der Waals surface area contributed by atoms with Gasteiger partial charge in [-0.15, -0.1) is 12.4 Å². The first-order valence-electron chi connectivity index (χ1n) is 4.50. The molecular formula is C11H16ClN. The van der Waals surface area contributed by atoms with E-state index in [1.807, 2.05) is 0 Å². The predicted molar refractivity (Wildman–Crippen MR) is 58.7 cm³/mol. The monoisotopic (exact) mass is 197 g/mol. The molecular weight excluding hydrogens is 182 g/mol. The van der Waals surface area contributed by atoms with E-state index in [-0.39, 0.29) is 12.4 Å². The maximum absolute atomic E-state index is 2.26. The van der Waals surface area contributed by atoms with Gasteiger partial charge in [-0.25, -0.2) is 0 Å². The van der Waals surface area contributed by atoms with Crippen molar-refractivity contribution < 1.29 is 0 Å². The zero-order chi connectivity index (χ0) is 8.55. The van der Waals surface area contributed by atoms with Crippen LogP contribution in [-0.4, -0.2) is 25.5 Å². The van der Waals surface area contributed by atoms with Crippen LogP contribution in [0.1, 0.15) is 17.0 Å². The molecule has 1 aliphatic carbocycles. The topological polar surface area (TPSA) is 3.24 Å². The summed E-state index contributed by atoms with van der Waals surface area (Å²) in [5, 5.41) is 0. The maximum Gasteiger partial charge on any atom is 0.00475 e. The minimum Gasteiger partial charge on any atom is -0.309 e. The maximum atomic E-state index is 2.26. The first kappa shape index (κ1) is 10.6. The molecule has 2 heteroatoms. The van der Waals surface area contributed by atoms with Crippen molar-refractivity contribution in [1.29, 1.82) is 0 Å². The van der Waals surface area contributed by atoms with Crippen LogP contribution >= 0.6 is 12.4 Å². The van der Waals surface area contributed by atoms with Crippen LogP contribution in [0.4, 0.5) is 0 Å². The summed E-state index contributed by atoms with van der Waals surface area (Å²) in [6.45, 7) is 1.19.